The Morgan fingerprint density at radius 3 is 2.93 bits per heavy atom. The summed E-state index contributed by atoms with van der Waals surface area (Å²) in [5.74, 6) is 0.0204. The molecule has 1 atom stereocenters. The number of likely N-dealkylation sites (N-methyl/N-ethyl adjacent to an activating group) is 1. The average Bonchev–Trinajstić information content (AvgIpc) is 2.76. The maximum Gasteiger partial charge on any atom is 0.224 e. The zero-order valence-corrected chi connectivity index (χ0v) is 9.13. The molecule has 0 aliphatic carbocycles. The van der Waals surface area contributed by atoms with Crippen LogP contribution in [0.3, 0.4) is 0 Å². The van der Waals surface area contributed by atoms with Crippen molar-refractivity contribution in [1.29, 1.82) is 0 Å². The van der Waals surface area contributed by atoms with E-state index in [1.807, 2.05) is 19.2 Å². The van der Waals surface area contributed by atoms with Gasteiger partial charge in [-0.1, -0.05) is 0 Å². The van der Waals surface area contributed by atoms with E-state index in [0.29, 0.717) is 13.0 Å². The lowest BCUT2D eigenvalue weighted by Crippen LogP contribution is -2.37. The molecule has 5 heteroatoms. The predicted molar refractivity (Wildman–Crippen MR) is 56.2 cm³/mol. The lowest BCUT2D eigenvalue weighted by atomic mass is 10.3. The fraction of sp³-hybridized carbons (Fsp3) is 0.600. The molecule has 0 radical (unpaired) electrons. The van der Waals surface area contributed by atoms with E-state index in [4.69, 9.17) is 5.11 Å². The Hall–Kier alpha value is -1.36. The van der Waals surface area contributed by atoms with Gasteiger partial charge in [0.2, 0.25) is 5.91 Å². The largest absolute Gasteiger partial charge is 0.394 e. The number of aliphatic hydroxyl groups is 1. The summed E-state index contributed by atoms with van der Waals surface area (Å²) < 4.78 is 1.72. The Morgan fingerprint density at radius 2 is 2.40 bits per heavy atom. The van der Waals surface area contributed by atoms with Crippen LogP contribution in [0.25, 0.3) is 0 Å². The van der Waals surface area contributed by atoms with Crippen LogP contribution >= 0.6 is 0 Å². The number of rotatable bonds is 5. The minimum absolute atomic E-state index is 0.00991. The third-order valence-electron chi connectivity index (χ3n) is 2.43. The van der Waals surface area contributed by atoms with Crippen molar-refractivity contribution in [3.8, 4) is 0 Å². The Morgan fingerprint density at radius 1 is 1.67 bits per heavy atom. The summed E-state index contributed by atoms with van der Waals surface area (Å²) in [5.41, 5.74) is 0. The number of amides is 1. The number of carbonyl (C=O) groups is 1. The molecule has 0 fully saturated rings. The molecule has 15 heavy (non-hydrogen) atoms. The highest BCUT2D eigenvalue weighted by Crippen LogP contribution is 1.99. The van der Waals surface area contributed by atoms with Crippen molar-refractivity contribution in [2.45, 2.75) is 25.9 Å². The Balaban J connectivity index is 2.36. The lowest BCUT2D eigenvalue weighted by Gasteiger charge is -2.23. The maximum absolute atomic E-state index is 11.6. The van der Waals surface area contributed by atoms with Crippen molar-refractivity contribution in [3.05, 3.63) is 18.5 Å². The van der Waals surface area contributed by atoms with Gasteiger partial charge in [0.15, 0.2) is 0 Å². The van der Waals surface area contributed by atoms with Crippen LogP contribution in [-0.4, -0.2) is 45.4 Å². The smallest absolute Gasteiger partial charge is 0.224 e. The molecule has 1 aromatic heterocycles. The second-order valence-corrected chi connectivity index (χ2v) is 3.56. The van der Waals surface area contributed by atoms with Crippen LogP contribution in [0.2, 0.25) is 0 Å². The number of aliphatic hydroxyl groups excluding tert-OH is 1. The molecule has 0 spiro atoms. The first kappa shape index (κ1) is 11.7. The normalized spacial score (nSPS) is 12.5. The van der Waals surface area contributed by atoms with Crippen LogP contribution in [-0.2, 0) is 11.3 Å². The molecular weight excluding hydrogens is 194 g/mol. The molecule has 1 unspecified atom stereocenters. The van der Waals surface area contributed by atoms with E-state index in [0.717, 1.165) is 0 Å². The van der Waals surface area contributed by atoms with Crippen LogP contribution in [0, 0.1) is 0 Å². The van der Waals surface area contributed by atoms with Gasteiger partial charge in [0.1, 0.15) is 0 Å². The zero-order valence-electron chi connectivity index (χ0n) is 9.13. The average molecular weight is 211 g/mol. The van der Waals surface area contributed by atoms with E-state index in [1.165, 1.54) is 0 Å². The first-order valence-corrected chi connectivity index (χ1v) is 4.99. The number of aryl methyl sites for hydroxylation is 1. The fourth-order valence-electron chi connectivity index (χ4n) is 1.19. The Kier molecular flexibility index (Phi) is 4.30. The van der Waals surface area contributed by atoms with Gasteiger partial charge < -0.3 is 10.0 Å². The van der Waals surface area contributed by atoms with Gasteiger partial charge in [-0.15, -0.1) is 0 Å². The number of nitrogens with zero attached hydrogens (tertiary/aromatic N) is 3. The molecule has 5 nitrogen and oxygen atoms in total. The monoisotopic (exact) mass is 211 g/mol. The van der Waals surface area contributed by atoms with Gasteiger partial charge in [-0.25, -0.2) is 0 Å². The van der Waals surface area contributed by atoms with Gasteiger partial charge in [0.05, 0.1) is 12.6 Å². The molecule has 0 aliphatic heterocycles. The van der Waals surface area contributed by atoms with Gasteiger partial charge in [0.25, 0.3) is 0 Å². The molecule has 1 heterocycles. The van der Waals surface area contributed by atoms with Crippen LogP contribution in [0.4, 0.5) is 0 Å². The maximum atomic E-state index is 11.6. The van der Waals surface area contributed by atoms with E-state index in [-0.39, 0.29) is 18.6 Å². The minimum Gasteiger partial charge on any atom is -0.394 e. The lowest BCUT2D eigenvalue weighted by molar-refractivity contribution is -0.132. The molecule has 1 amide bonds. The van der Waals surface area contributed by atoms with E-state index in [1.54, 1.807) is 22.8 Å². The van der Waals surface area contributed by atoms with Gasteiger partial charge in [-0.3, -0.25) is 9.48 Å². The molecule has 0 aromatic carbocycles. The van der Waals surface area contributed by atoms with E-state index >= 15 is 0 Å². The van der Waals surface area contributed by atoms with Crippen molar-refractivity contribution < 1.29 is 9.90 Å². The van der Waals surface area contributed by atoms with Crippen molar-refractivity contribution >= 4 is 5.91 Å². The van der Waals surface area contributed by atoms with Crippen molar-refractivity contribution in [3.63, 3.8) is 0 Å². The second kappa shape index (κ2) is 5.50. The highest BCUT2D eigenvalue weighted by Gasteiger charge is 2.14. The van der Waals surface area contributed by atoms with Crippen LogP contribution < -0.4 is 0 Å². The van der Waals surface area contributed by atoms with Crippen molar-refractivity contribution in [2.75, 3.05) is 13.7 Å². The summed E-state index contributed by atoms with van der Waals surface area (Å²) in [6, 6.07) is 1.69. The topological polar surface area (TPSA) is 58.4 Å². The predicted octanol–water partition coefficient (Wildman–Crippen LogP) is 0.112. The summed E-state index contributed by atoms with van der Waals surface area (Å²) in [5, 5.41) is 12.9. The van der Waals surface area contributed by atoms with Crippen LogP contribution in [0.1, 0.15) is 13.3 Å². The number of hydrogen-bond acceptors (Lipinski definition) is 3. The molecule has 0 aliphatic rings. The summed E-state index contributed by atoms with van der Waals surface area (Å²) in [6.45, 7) is 2.38. The van der Waals surface area contributed by atoms with Crippen LogP contribution in [0.15, 0.2) is 18.5 Å². The Bertz CT molecular complexity index is 298. The van der Waals surface area contributed by atoms with Crippen LogP contribution in [0.5, 0.6) is 0 Å². The molecule has 0 saturated heterocycles. The van der Waals surface area contributed by atoms with E-state index < -0.39 is 0 Å². The van der Waals surface area contributed by atoms with Gasteiger partial charge in [-0.2, -0.15) is 5.10 Å². The zero-order chi connectivity index (χ0) is 11.3. The molecule has 0 bridgehead atoms. The SMILES string of the molecule is CC(CO)N(C)C(=O)CCn1cccn1. The molecule has 1 rings (SSSR count). The standard InChI is InChI=1S/C10H17N3O2/c1-9(8-14)12(2)10(15)4-7-13-6-3-5-11-13/h3,5-6,9,14H,4,7-8H2,1-2H3. The third-order valence-corrected chi connectivity index (χ3v) is 2.43. The first-order valence-electron chi connectivity index (χ1n) is 4.99. The fourth-order valence-corrected chi connectivity index (χ4v) is 1.19. The summed E-state index contributed by atoms with van der Waals surface area (Å²) in [7, 11) is 1.70. The molecule has 1 N–H and O–H groups in total. The quantitative estimate of drug-likeness (QED) is 0.752. The first-order chi connectivity index (χ1) is 7.15. The van der Waals surface area contributed by atoms with E-state index in [9.17, 15) is 4.79 Å². The third kappa shape index (κ3) is 3.36. The molecule has 84 valence electrons. The Labute approximate surface area is 89.3 Å². The van der Waals surface area contributed by atoms with Gasteiger partial charge >= 0.3 is 0 Å². The number of aromatic nitrogens is 2. The highest BCUT2D eigenvalue weighted by atomic mass is 16.3. The summed E-state index contributed by atoms with van der Waals surface area (Å²) >= 11 is 0. The number of hydrogen-bond donors (Lipinski definition) is 1. The molecule has 1 aromatic rings. The van der Waals surface area contributed by atoms with Crippen molar-refractivity contribution in [1.82, 2.24) is 14.7 Å². The van der Waals surface area contributed by atoms with E-state index in [2.05, 4.69) is 5.10 Å². The summed E-state index contributed by atoms with van der Waals surface area (Å²) in [6.07, 6.45) is 3.91. The summed E-state index contributed by atoms with van der Waals surface area (Å²) in [4.78, 5) is 13.2. The second-order valence-electron chi connectivity index (χ2n) is 3.56. The highest BCUT2D eigenvalue weighted by molar-refractivity contribution is 5.76. The number of carbonyl (C=O) groups excluding carboxylic acids is 1. The van der Waals surface area contributed by atoms with Gasteiger partial charge in [-0.05, 0) is 13.0 Å². The van der Waals surface area contributed by atoms with Crippen molar-refractivity contribution in [2.24, 2.45) is 0 Å². The minimum atomic E-state index is -0.130. The molecular formula is C10H17N3O2. The molecule has 0 saturated carbocycles. The van der Waals surface area contributed by atoms with Gasteiger partial charge in [0, 0.05) is 32.4 Å².